The number of ether oxygens (including phenoxy) is 1. The average Bonchev–Trinajstić information content (AvgIpc) is 3.45. The molecule has 0 radical (unpaired) electrons. The molecule has 0 bridgehead atoms. The molecule has 9 heteroatoms. The lowest BCUT2D eigenvalue weighted by Crippen LogP contribution is -2.45. The summed E-state index contributed by atoms with van der Waals surface area (Å²) in [6, 6.07) is 8.31. The molecule has 35 heavy (non-hydrogen) atoms. The highest BCUT2D eigenvalue weighted by atomic mass is 35.5. The van der Waals surface area contributed by atoms with Gasteiger partial charge in [0.2, 0.25) is 0 Å². The van der Waals surface area contributed by atoms with E-state index >= 15 is 0 Å². The second kappa shape index (κ2) is 11.3. The largest absolute Gasteiger partial charge is 0.492 e. The van der Waals surface area contributed by atoms with Crippen LogP contribution in [0, 0.1) is 6.92 Å². The van der Waals surface area contributed by atoms with Crippen LogP contribution in [0.3, 0.4) is 0 Å². The molecular weight excluding hydrogens is 464 g/mol. The van der Waals surface area contributed by atoms with Crippen molar-refractivity contribution in [3.8, 4) is 5.75 Å². The smallest absolute Gasteiger partial charge is 0.251 e. The van der Waals surface area contributed by atoms with Crippen molar-refractivity contribution in [2.75, 3.05) is 37.7 Å². The Morgan fingerprint density at radius 3 is 2.80 bits per heavy atom. The maximum atomic E-state index is 12.9. The monoisotopic (exact) mass is 498 g/mol. The first-order valence-electron chi connectivity index (χ1n) is 12.4. The van der Waals surface area contributed by atoms with Crippen molar-refractivity contribution in [3.05, 3.63) is 47.9 Å². The van der Waals surface area contributed by atoms with E-state index in [9.17, 15) is 4.79 Å². The molecule has 2 aliphatic heterocycles. The zero-order valence-electron chi connectivity index (χ0n) is 20.5. The molecule has 0 aliphatic carbocycles. The third-order valence-corrected chi connectivity index (χ3v) is 7.21. The van der Waals surface area contributed by atoms with Gasteiger partial charge in [-0.05, 0) is 69.8 Å². The van der Waals surface area contributed by atoms with Crippen LogP contribution in [0.1, 0.15) is 48.5 Å². The fourth-order valence-electron chi connectivity index (χ4n) is 5.17. The molecule has 4 heterocycles. The summed E-state index contributed by atoms with van der Waals surface area (Å²) in [5, 5.41) is 4.30. The van der Waals surface area contributed by atoms with Crippen molar-refractivity contribution in [2.24, 2.45) is 0 Å². The van der Waals surface area contributed by atoms with Gasteiger partial charge in [-0.3, -0.25) is 9.69 Å². The molecule has 2 aliphatic rings. The van der Waals surface area contributed by atoms with Gasteiger partial charge in [0.25, 0.3) is 5.91 Å². The second-order valence-corrected chi connectivity index (χ2v) is 9.53. The molecule has 1 aromatic carbocycles. The molecule has 2 aromatic heterocycles. The number of piperidine rings is 1. The van der Waals surface area contributed by atoms with Crippen LogP contribution in [0.15, 0.2) is 36.8 Å². The minimum Gasteiger partial charge on any atom is -0.492 e. The predicted molar refractivity (Wildman–Crippen MR) is 141 cm³/mol. The van der Waals surface area contributed by atoms with Crippen LogP contribution in [0.4, 0.5) is 5.82 Å². The number of anilines is 1. The first-order chi connectivity index (χ1) is 16.6. The Hall–Kier alpha value is -2.84. The first kappa shape index (κ1) is 25.3. The molecule has 188 valence electrons. The lowest BCUT2D eigenvalue weighted by Gasteiger charge is -2.33. The van der Waals surface area contributed by atoms with Crippen LogP contribution < -0.4 is 15.0 Å². The molecule has 1 amide bonds. The highest BCUT2D eigenvalue weighted by Crippen LogP contribution is 2.28. The summed E-state index contributed by atoms with van der Waals surface area (Å²) in [5.41, 5.74) is 2.67. The maximum absolute atomic E-state index is 12.9. The molecule has 8 nitrogen and oxygen atoms in total. The SMILES string of the molecule is Cc1c[nH]c2ncnc(N3CCC(NC(=O)c4cccc(OCCN5CCC[C@H]5C)c4)CC3)c12.Cl. The zero-order valence-corrected chi connectivity index (χ0v) is 21.3. The third-order valence-electron chi connectivity index (χ3n) is 7.21. The topological polar surface area (TPSA) is 86.4 Å². The van der Waals surface area contributed by atoms with Gasteiger partial charge >= 0.3 is 0 Å². The number of H-pyrrole nitrogens is 1. The number of rotatable bonds is 7. The molecule has 2 N–H and O–H groups in total. The summed E-state index contributed by atoms with van der Waals surface area (Å²) < 4.78 is 5.96. The van der Waals surface area contributed by atoms with E-state index in [1.807, 2.05) is 30.5 Å². The van der Waals surface area contributed by atoms with E-state index in [1.54, 1.807) is 6.33 Å². The van der Waals surface area contributed by atoms with Gasteiger partial charge in [0.15, 0.2) is 0 Å². The van der Waals surface area contributed by atoms with E-state index in [4.69, 9.17) is 4.74 Å². The number of nitrogens with zero attached hydrogens (tertiary/aromatic N) is 4. The van der Waals surface area contributed by atoms with Crippen molar-refractivity contribution in [1.82, 2.24) is 25.2 Å². The van der Waals surface area contributed by atoms with E-state index in [-0.39, 0.29) is 24.4 Å². The minimum atomic E-state index is -0.0389. The number of carbonyl (C=O) groups excluding carboxylic acids is 1. The molecule has 0 saturated carbocycles. The van der Waals surface area contributed by atoms with Crippen LogP contribution in [-0.4, -0.2) is 70.6 Å². The fourth-order valence-corrected chi connectivity index (χ4v) is 5.17. The van der Waals surface area contributed by atoms with Gasteiger partial charge in [0, 0.05) is 43.5 Å². The quantitative estimate of drug-likeness (QED) is 0.513. The van der Waals surface area contributed by atoms with Crippen LogP contribution in [0.25, 0.3) is 11.0 Å². The third kappa shape index (κ3) is 5.70. The molecule has 0 unspecified atom stereocenters. The number of aryl methyl sites for hydroxylation is 1. The lowest BCUT2D eigenvalue weighted by molar-refractivity contribution is 0.0930. The van der Waals surface area contributed by atoms with Crippen molar-refractivity contribution in [3.63, 3.8) is 0 Å². The van der Waals surface area contributed by atoms with Crippen LogP contribution in [0.2, 0.25) is 0 Å². The first-order valence-corrected chi connectivity index (χ1v) is 12.4. The number of halogens is 1. The Bertz CT molecular complexity index is 1140. The predicted octanol–water partition coefficient (Wildman–Crippen LogP) is 3.95. The summed E-state index contributed by atoms with van der Waals surface area (Å²) >= 11 is 0. The normalized spacial score (nSPS) is 19.0. The van der Waals surface area contributed by atoms with Crippen molar-refractivity contribution >= 4 is 35.2 Å². The van der Waals surface area contributed by atoms with Crippen LogP contribution >= 0.6 is 12.4 Å². The highest BCUT2D eigenvalue weighted by molar-refractivity contribution is 5.95. The average molecular weight is 499 g/mol. The Morgan fingerprint density at radius 2 is 2.03 bits per heavy atom. The van der Waals surface area contributed by atoms with E-state index in [0.29, 0.717) is 18.2 Å². The second-order valence-electron chi connectivity index (χ2n) is 9.53. The number of hydrogen-bond donors (Lipinski definition) is 2. The molecule has 2 fully saturated rings. The van der Waals surface area contributed by atoms with Gasteiger partial charge in [-0.25, -0.2) is 9.97 Å². The van der Waals surface area contributed by atoms with Crippen molar-refractivity contribution in [2.45, 2.75) is 51.6 Å². The Balaban J connectivity index is 0.00000289. The Kier molecular flexibility index (Phi) is 8.13. The number of aromatic amines is 1. The summed E-state index contributed by atoms with van der Waals surface area (Å²) in [7, 11) is 0. The number of aromatic nitrogens is 3. The summed E-state index contributed by atoms with van der Waals surface area (Å²) in [6.45, 7) is 8.77. The number of likely N-dealkylation sites (tertiary alicyclic amines) is 1. The Morgan fingerprint density at radius 1 is 1.20 bits per heavy atom. The summed E-state index contributed by atoms with van der Waals surface area (Å²) in [5.74, 6) is 1.69. The molecule has 5 rings (SSSR count). The van der Waals surface area contributed by atoms with Gasteiger partial charge in [0.05, 0.1) is 5.39 Å². The van der Waals surface area contributed by atoms with Crippen LogP contribution in [-0.2, 0) is 0 Å². The Labute approximate surface area is 212 Å². The zero-order chi connectivity index (χ0) is 23.5. The lowest BCUT2D eigenvalue weighted by atomic mass is 10.0. The molecule has 3 aromatic rings. The van der Waals surface area contributed by atoms with Gasteiger partial charge in [-0.2, -0.15) is 0 Å². The fraction of sp³-hybridized carbons (Fsp3) is 0.500. The summed E-state index contributed by atoms with van der Waals surface area (Å²) in [6.07, 6.45) is 7.88. The number of hydrogen-bond acceptors (Lipinski definition) is 6. The van der Waals surface area contributed by atoms with Gasteiger partial charge in [-0.15, -0.1) is 12.4 Å². The maximum Gasteiger partial charge on any atom is 0.251 e. The summed E-state index contributed by atoms with van der Waals surface area (Å²) in [4.78, 5) is 29.8. The number of nitrogens with one attached hydrogen (secondary N) is 2. The highest BCUT2D eigenvalue weighted by Gasteiger charge is 2.24. The molecule has 2 saturated heterocycles. The molecule has 0 spiro atoms. The number of carbonyl (C=O) groups is 1. The van der Waals surface area contributed by atoms with Crippen molar-refractivity contribution in [1.29, 1.82) is 0 Å². The van der Waals surface area contributed by atoms with E-state index in [0.717, 1.165) is 67.2 Å². The van der Waals surface area contributed by atoms with Gasteiger partial charge < -0.3 is 19.9 Å². The number of benzene rings is 1. The van der Waals surface area contributed by atoms with Gasteiger partial charge in [0.1, 0.15) is 30.1 Å². The minimum absolute atomic E-state index is 0. The van der Waals surface area contributed by atoms with E-state index in [2.05, 4.69) is 43.9 Å². The van der Waals surface area contributed by atoms with Crippen LogP contribution in [0.5, 0.6) is 5.75 Å². The van der Waals surface area contributed by atoms with Gasteiger partial charge in [-0.1, -0.05) is 6.07 Å². The number of amides is 1. The number of fused-ring (bicyclic) bond motifs is 1. The van der Waals surface area contributed by atoms with E-state index < -0.39 is 0 Å². The standard InChI is InChI=1S/C26H34N6O2.ClH/c1-18-16-27-24-23(18)25(29-17-28-24)32-11-8-21(9-12-32)30-26(33)20-6-3-7-22(15-20)34-14-13-31-10-4-5-19(31)2;/h3,6-7,15-17,19,21H,4-5,8-14H2,1-2H3,(H,30,33)(H,27,28,29);1H/t19-;/m1./s1. The molecule has 1 atom stereocenters. The van der Waals surface area contributed by atoms with Crippen molar-refractivity contribution < 1.29 is 9.53 Å². The van der Waals surface area contributed by atoms with E-state index in [1.165, 1.54) is 12.8 Å². The molecular formula is C26H35ClN6O2.